The molecule has 12 rings (SSSR count). The summed E-state index contributed by atoms with van der Waals surface area (Å²) < 4.78 is 48.6. The summed E-state index contributed by atoms with van der Waals surface area (Å²) in [6.45, 7) is 20.3. The van der Waals surface area contributed by atoms with Gasteiger partial charge in [-0.1, -0.05) is 94.9 Å². The monoisotopic (exact) mass is 1570 g/mol. The van der Waals surface area contributed by atoms with Crippen LogP contribution in [0.25, 0.3) is 32.7 Å². The largest absolute Gasteiger partial charge is 0.573 e. The Hall–Kier alpha value is -7.53. The predicted molar refractivity (Wildman–Crippen MR) is 435 cm³/mol. The van der Waals surface area contributed by atoms with Gasteiger partial charge < -0.3 is 49.1 Å². The molecule has 0 radical (unpaired) electrons. The third-order valence-corrected chi connectivity index (χ3v) is 26.0. The maximum absolute atomic E-state index is 14.1. The van der Waals surface area contributed by atoms with Crippen molar-refractivity contribution in [2.75, 3.05) is 40.8 Å². The maximum atomic E-state index is 14.1. The first-order valence-corrected chi connectivity index (χ1v) is 42.1. The zero-order valence-corrected chi connectivity index (χ0v) is 69.1. The fraction of sp³-hybridized carbons (Fsp3) is 0.629. The van der Waals surface area contributed by atoms with Crippen LogP contribution in [0, 0.1) is 55.3 Å². The van der Waals surface area contributed by atoms with E-state index in [1.807, 2.05) is 80.3 Å². The summed E-state index contributed by atoms with van der Waals surface area (Å²) in [5.74, 6) is -0.0116. The Morgan fingerprint density at radius 1 is 0.473 bits per heavy atom. The van der Waals surface area contributed by atoms with Gasteiger partial charge in [0.25, 0.3) is 0 Å². The first-order valence-electron chi connectivity index (χ1n) is 41.8. The second-order valence-corrected chi connectivity index (χ2v) is 34.0. The van der Waals surface area contributed by atoms with Crippen molar-refractivity contribution in [3.8, 4) is 5.75 Å². The van der Waals surface area contributed by atoms with Gasteiger partial charge in [0.2, 0.25) is 17.7 Å². The van der Waals surface area contributed by atoms with Crippen molar-refractivity contribution in [2.24, 2.45) is 41.4 Å². The number of nitrogens with zero attached hydrogens (tertiary/aromatic N) is 6. The van der Waals surface area contributed by atoms with Gasteiger partial charge in [0.05, 0.1) is 18.1 Å². The lowest BCUT2D eigenvalue weighted by Gasteiger charge is -2.35. The molecule has 6 heterocycles. The Labute approximate surface area is 665 Å². The minimum atomic E-state index is -4.83. The molecule has 3 saturated heterocycles. The number of likely N-dealkylation sites (tertiary alicyclic amines) is 3. The molecule has 3 aromatic heterocycles. The number of likely N-dealkylation sites (N-methyl/N-ethyl adjacent to an activating group) is 3. The molecule has 0 bridgehead atoms. The summed E-state index contributed by atoms with van der Waals surface area (Å²) in [7, 11) is 5.34. The number of ketones is 6. The molecule has 3 amide bonds. The molecule has 3 aliphatic heterocycles. The van der Waals surface area contributed by atoms with Crippen molar-refractivity contribution in [3.05, 3.63) is 100.0 Å². The average Bonchev–Trinajstić information content (AvgIpc) is 1.62. The number of hydrogen-bond donors (Lipinski definition) is 3. The lowest BCUT2D eigenvalue weighted by Crippen LogP contribution is -2.45. The first-order chi connectivity index (χ1) is 53.4. The number of carbonyl (C=O) groups excluding carboxylic acids is 9. The molecule has 9 atom stereocenters. The van der Waals surface area contributed by atoms with Crippen molar-refractivity contribution in [3.63, 3.8) is 0 Å². The average molecular weight is 1570 g/mol. The molecule has 612 valence electrons. The molecular formula is C89H123ClF3N9O10. The Balaban J connectivity index is 0.000000178. The highest BCUT2D eigenvalue weighted by molar-refractivity contribution is 6.31. The van der Waals surface area contributed by atoms with E-state index >= 15 is 0 Å². The van der Waals surface area contributed by atoms with Crippen molar-refractivity contribution in [1.29, 1.82) is 0 Å². The minimum Gasteiger partial charge on any atom is -0.406 e. The second kappa shape index (κ2) is 39.2. The van der Waals surface area contributed by atoms with E-state index in [4.69, 9.17) is 11.6 Å². The number of amides is 3. The predicted octanol–water partition coefficient (Wildman–Crippen LogP) is 16.6. The molecule has 6 aliphatic rings. The molecule has 0 spiro atoms. The summed E-state index contributed by atoms with van der Waals surface area (Å²) in [5, 5.41) is 12.0. The number of alkyl halides is 3. The molecule has 6 fully saturated rings. The number of fused-ring (bicyclic) bond motifs is 3. The van der Waals surface area contributed by atoms with E-state index in [1.54, 1.807) is 34.3 Å². The van der Waals surface area contributed by atoms with Crippen molar-refractivity contribution >= 4 is 96.7 Å². The number of benzene rings is 3. The standard InChI is InChI=1S/C31H45N3O3.C29H40ClN3O3.C29H38F3N3O4/c1-20(2)30(36)27-19-33(28-14-13-21(3)16-26(27)28)18-24-12-9-15-34(24)31(37)25(17-29(35)22(4)32-5)23-10-7-6-8-11-23;1-18(31-4)27(35)16-24(21-9-6-5-7-10-21)29(36)32-14-8-11-23(32)17-33-19(2)28(20(3)34)25-15-22(30)12-13-26(25)33;1-18(33-3)27(37)15-23(20-8-5-4-6-9-20)28(38)35-13-7-10-21(35)16-34-17-25(19(2)36)24-14-22(11-12-26(24)34)39-29(30,31)32/h13-14,16,19-20,22-25,32H,6-12,15,17-18H2,1-5H3;12-13,15,18,21,23-24,31H,5-11,14,16-17H2,1-4H3;11-12,14,17-18,20-21,23,33H,4-10,13,15-16H2,1-3H3. The number of carbonyl (C=O) groups is 9. The number of aryl methyl sites for hydroxylation is 1. The van der Waals surface area contributed by atoms with Crippen molar-refractivity contribution in [2.45, 2.75) is 279 Å². The highest BCUT2D eigenvalue weighted by atomic mass is 35.5. The summed E-state index contributed by atoms with van der Waals surface area (Å²) in [6.07, 6.45) is 21.4. The normalized spacial score (nSPS) is 20.4. The third kappa shape index (κ3) is 20.9. The van der Waals surface area contributed by atoms with Gasteiger partial charge in [-0.05, 0) is 213 Å². The van der Waals surface area contributed by atoms with E-state index in [2.05, 4.69) is 59.8 Å². The van der Waals surface area contributed by atoms with Crippen LogP contribution < -0.4 is 20.7 Å². The van der Waals surface area contributed by atoms with E-state index < -0.39 is 6.36 Å². The van der Waals surface area contributed by atoms with E-state index in [0.29, 0.717) is 72.0 Å². The highest BCUT2D eigenvalue weighted by Crippen LogP contribution is 2.41. The lowest BCUT2D eigenvalue weighted by atomic mass is 9.76. The molecule has 3 N–H and O–H groups in total. The topological polar surface area (TPSA) is 223 Å². The molecule has 6 aromatic rings. The summed E-state index contributed by atoms with van der Waals surface area (Å²) in [6, 6.07) is 15.2. The van der Waals surface area contributed by atoms with Crippen LogP contribution in [-0.4, -0.2) is 164 Å². The number of rotatable bonds is 29. The molecule has 3 aliphatic carbocycles. The molecule has 3 aromatic carbocycles. The number of hydrogen-bond acceptors (Lipinski definition) is 13. The van der Waals surface area contributed by atoms with Gasteiger partial charge in [-0.2, -0.15) is 0 Å². The van der Waals surface area contributed by atoms with Gasteiger partial charge in [0, 0.05) is 173 Å². The number of ether oxygens (including phenoxy) is 1. The van der Waals surface area contributed by atoms with Gasteiger partial charge in [-0.3, -0.25) is 43.2 Å². The Kier molecular flexibility index (Phi) is 30.4. The quantitative estimate of drug-likeness (QED) is 0.0372. The van der Waals surface area contributed by atoms with Crippen LogP contribution in [0.15, 0.2) is 67.0 Å². The zero-order chi connectivity index (χ0) is 81.0. The molecule has 9 unspecified atom stereocenters. The highest BCUT2D eigenvalue weighted by Gasteiger charge is 2.44. The number of halogens is 4. The number of nitrogens with one attached hydrogen (secondary N) is 3. The Morgan fingerprint density at radius 3 is 1.26 bits per heavy atom. The van der Waals surface area contributed by atoms with Crippen LogP contribution in [0.5, 0.6) is 5.75 Å². The van der Waals surface area contributed by atoms with Crippen LogP contribution in [0.3, 0.4) is 0 Å². The van der Waals surface area contributed by atoms with Crippen LogP contribution in [-0.2, 0) is 48.4 Å². The fourth-order valence-electron chi connectivity index (χ4n) is 19.0. The van der Waals surface area contributed by atoms with E-state index in [1.165, 1.54) is 38.0 Å². The second-order valence-electron chi connectivity index (χ2n) is 33.5. The number of Topliss-reactive ketones (excluding diaryl/α,β-unsaturated/α-hetero) is 6. The summed E-state index contributed by atoms with van der Waals surface area (Å²) >= 11 is 6.27. The molecule has 23 heteroatoms. The Morgan fingerprint density at radius 2 is 0.866 bits per heavy atom. The van der Waals surface area contributed by atoms with Crippen molar-refractivity contribution in [1.82, 2.24) is 44.4 Å². The lowest BCUT2D eigenvalue weighted by molar-refractivity contribution is -0.274. The minimum absolute atomic E-state index is 0.0187. The van der Waals surface area contributed by atoms with Crippen molar-refractivity contribution < 1.29 is 61.1 Å². The van der Waals surface area contributed by atoms with Gasteiger partial charge >= 0.3 is 6.36 Å². The number of aromatic nitrogens is 3. The van der Waals surface area contributed by atoms with Gasteiger partial charge in [-0.25, -0.2) is 0 Å². The van der Waals surface area contributed by atoms with E-state index in [0.717, 1.165) is 174 Å². The molecule has 19 nitrogen and oxygen atoms in total. The van der Waals surface area contributed by atoms with E-state index in [-0.39, 0.29) is 136 Å². The van der Waals surface area contributed by atoms with Gasteiger partial charge in [-0.15, -0.1) is 13.2 Å². The van der Waals surface area contributed by atoms with Crippen LogP contribution in [0.4, 0.5) is 13.2 Å². The van der Waals surface area contributed by atoms with Gasteiger partial charge in [0.15, 0.2) is 17.3 Å². The third-order valence-electron chi connectivity index (χ3n) is 25.7. The zero-order valence-electron chi connectivity index (χ0n) is 68.3. The van der Waals surface area contributed by atoms with Crippen LogP contribution >= 0.6 is 11.6 Å². The van der Waals surface area contributed by atoms with Gasteiger partial charge in [0.1, 0.15) is 23.1 Å². The SMILES string of the molecule is CNC(C)C(=O)CC(C(=O)N1CCCC1Cn1c(C)c(C(C)=O)c2cc(Cl)ccc21)C1CCCCC1.CNC(C)C(=O)CC(C(=O)N1CCCC1Cn1cc(C(=O)C(C)C)c2cc(C)ccc21)C1CCCCC1.CNC(C)C(=O)CC(C(=O)N1CCCC1Cn1cc(C(C)=O)c2cc(OC(F)(F)F)ccc21)C1CCCCC1. The molecular weight excluding hydrogens is 1450 g/mol. The Bertz CT molecular complexity index is 4330. The molecule has 112 heavy (non-hydrogen) atoms. The van der Waals surface area contributed by atoms with Crippen LogP contribution in [0.2, 0.25) is 5.02 Å². The fourth-order valence-corrected chi connectivity index (χ4v) is 19.2. The maximum Gasteiger partial charge on any atom is 0.573 e. The molecule has 3 saturated carbocycles. The van der Waals surface area contributed by atoms with E-state index in [9.17, 15) is 56.3 Å². The summed E-state index contributed by atoms with van der Waals surface area (Å²) in [4.78, 5) is 125. The first kappa shape index (κ1) is 86.9. The van der Waals surface area contributed by atoms with Crippen LogP contribution in [0.1, 0.15) is 245 Å². The summed E-state index contributed by atoms with van der Waals surface area (Å²) in [5.41, 5.74) is 6.47. The smallest absolute Gasteiger partial charge is 0.406 e.